The van der Waals surface area contributed by atoms with Gasteiger partial charge in [-0.25, -0.2) is 21.8 Å². The Hall–Kier alpha value is -2.05. The number of rotatable bonds is 11. The van der Waals surface area contributed by atoms with Crippen molar-refractivity contribution in [1.82, 2.24) is 9.88 Å². The molecule has 3 rings (SSSR count). The molecular weight excluding hydrogens is 530 g/mol. The van der Waals surface area contributed by atoms with Gasteiger partial charge in [0.2, 0.25) is 5.91 Å². The molecule has 0 radical (unpaired) electrons. The largest absolute Gasteiger partial charge is 0.302 e. The third-order valence-corrected chi connectivity index (χ3v) is 9.75. The van der Waals surface area contributed by atoms with Crippen LogP contribution in [0.1, 0.15) is 20.3 Å². The van der Waals surface area contributed by atoms with Gasteiger partial charge in [-0.05, 0) is 49.5 Å². The molecule has 0 saturated carbocycles. The highest BCUT2D eigenvalue weighted by molar-refractivity contribution is 7.91. The average molecular weight is 558 g/mol. The van der Waals surface area contributed by atoms with Crippen molar-refractivity contribution in [2.24, 2.45) is 0 Å². The zero-order valence-corrected chi connectivity index (χ0v) is 23.0. The van der Waals surface area contributed by atoms with Gasteiger partial charge in [0, 0.05) is 30.8 Å². The molecule has 3 aromatic rings. The lowest BCUT2D eigenvalue weighted by molar-refractivity contribution is -0.118. The van der Waals surface area contributed by atoms with E-state index in [0.29, 0.717) is 33.5 Å². The van der Waals surface area contributed by atoms with Crippen molar-refractivity contribution >= 4 is 63.9 Å². The summed E-state index contributed by atoms with van der Waals surface area (Å²) in [5.41, 5.74) is 0.310. The summed E-state index contributed by atoms with van der Waals surface area (Å²) < 4.78 is 50.6. The van der Waals surface area contributed by atoms with Gasteiger partial charge in [-0.2, -0.15) is 0 Å². The smallest absolute Gasteiger partial charge is 0.229 e. The SMILES string of the molecule is CCN(CC)CCN(C(=O)CCS(=O)(=O)c1ccc(Cl)cc1)c1nc2c(S(C)(=O)=O)cccc2s1. The first kappa shape index (κ1) is 27.5. The molecule has 0 bridgehead atoms. The number of thiazole rings is 1. The van der Waals surface area contributed by atoms with E-state index < -0.39 is 25.6 Å². The molecule has 1 aromatic heterocycles. The van der Waals surface area contributed by atoms with E-state index in [1.165, 1.54) is 46.6 Å². The molecule has 0 N–H and O–H groups in total. The molecule has 2 aromatic carbocycles. The number of hydrogen-bond donors (Lipinski definition) is 0. The molecule has 0 aliphatic heterocycles. The third kappa shape index (κ3) is 6.79. The Bertz CT molecular complexity index is 1400. The lowest BCUT2D eigenvalue weighted by Crippen LogP contribution is -2.39. The topological polar surface area (TPSA) is 105 Å². The highest BCUT2D eigenvalue weighted by atomic mass is 35.5. The Balaban J connectivity index is 1.91. The van der Waals surface area contributed by atoms with Crippen LogP contribution >= 0.6 is 22.9 Å². The first-order valence-electron chi connectivity index (χ1n) is 11.1. The molecular formula is C23H28ClN3O5S3. The fourth-order valence-corrected chi connectivity index (χ4v) is 6.84. The Morgan fingerprint density at radius 1 is 1.00 bits per heavy atom. The number of benzene rings is 2. The van der Waals surface area contributed by atoms with Gasteiger partial charge >= 0.3 is 0 Å². The van der Waals surface area contributed by atoms with Crippen molar-refractivity contribution in [2.75, 3.05) is 43.1 Å². The standard InChI is InChI=1S/C23H28ClN3O5S3/c1-4-26(5-2)14-15-27(21(28)13-16-35(31,32)18-11-9-17(24)10-12-18)23-25-22-19(33-23)7-6-8-20(22)34(3,29)30/h6-12H,4-5,13-16H2,1-3H3. The molecule has 35 heavy (non-hydrogen) atoms. The van der Waals surface area contributed by atoms with Gasteiger partial charge < -0.3 is 4.90 Å². The van der Waals surface area contributed by atoms with Crippen LogP contribution in [0.4, 0.5) is 5.13 Å². The predicted octanol–water partition coefficient (Wildman–Crippen LogP) is 3.89. The van der Waals surface area contributed by atoms with Crippen molar-refractivity contribution in [3.05, 3.63) is 47.5 Å². The lowest BCUT2D eigenvalue weighted by Gasteiger charge is -2.24. The zero-order chi connectivity index (χ0) is 25.8. The number of carbonyl (C=O) groups excluding carboxylic acids is 1. The quantitative estimate of drug-likeness (QED) is 0.352. The molecule has 0 spiro atoms. The van der Waals surface area contributed by atoms with Crippen molar-refractivity contribution < 1.29 is 21.6 Å². The third-order valence-electron chi connectivity index (χ3n) is 5.59. The maximum atomic E-state index is 13.3. The summed E-state index contributed by atoms with van der Waals surface area (Å²) in [6.07, 6.45) is 0.879. The van der Waals surface area contributed by atoms with E-state index in [1.54, 1.807) is 12.1 Å². The number of anilines is 1. The molecule has 0 saturated heterocycles. The van der Waals surface area contributed by atoms with Crippen LogP contribution in [-0.2, 0) is 24.5 Å². The van der Waals surface area contributed by atoms with Gasteiger partial charge in [-0.15, -0.1) is 0 Å². The van der Waals surface area contributed by atoms with Gasteiger partial charge in [-0.1, -0.05) is 42.9 Å². The molecule has 0 aliphatic carbocycles. The summed E-state index contributed by atoms with van der Waals surface area (Å²) in [5, 5.41) is 0.768. The monoisotopic (exact) mass is 557 g/mol. The number of likely N-dealkylation sites (N-methyl/N-ethyl adjacent to an activating group) is 1. The van der Waals surface area contributed by atoms with Crippen LogP contribution in [0.25, 0.3) is 10.2 Å². The van der Waals surface area contributed by atoms with Gasteiger partial charge in [-0.3, -0.25) is 9.69 Å². The van der Waals surface area contributed by atoms with Gasteiger partial charge in [0.25, 0.3) is 0 Å². The molecule has 1 amide bonds. The number of amides is 1. The van der Waals surface area contributed by atoms with Crippen LogP contribution in [0.15, 0.2) is 52.3 Å². The van der Waals surface area contributed by atoms with Crippen molar-refractivity contribution in [2.45, 2.75) is 30.1 Å². The van der Waals surface area contributed by atoms with E-state index in [4.69, 9.17) is 11.6 Å². The Kier molecular flexibility index (Phi) is 8.92. The Morgan fingerprint density at radius 2 is 1.66 bits per heavy atom. The summed E-state index contributed by atoms with van der Waals surface area (Å²) in [6.45, 7) is 6.49. The molecule has 0 fully saturated rings. The predicted molar refractivity (Wildman–Crippen MR) is 141 cm³/mol. The number of halogens is 1. The fraction of sp³-hybridized carbons (Fsp3) is 0.391. The second kappa shape index (κ2) is 11.3. The molecule has 0 atom stereocenters. The Labute approximate surface area is 215 Å². The highest BCUT2D eigenvalue weighted by Crippen LogP contribution is 2.33. The van der Waals surface area contributed by atoms with E-state index in [2.05, 4.69) is 9.88 Å². The zero-order valence-electron chi connectivity index (χ0n) is 19.8. The highest BCUT2D eigenvalue weighted by Gasteiger charge is 2.25. The summed E-state index contributed by atoms with van der Waals surface area (Å²) in [5.74, 6) is -0.760. The minimum absolute atomic E-state index is 0.0963. The minimum atomic E-state index is -3.69. The first-order chi connectivity index (χ1) is 16.5. The summed E-state index contributed by atoms with van der Waals surface area (Å²) in [7, 11) is -7.21. The van der Waals surface area contributed by atoms with Gasteiger partial charge in [0.05, 0.1) is 20.2 Å². The maximum absolute atomic E-state index is 13.3. The molecule has 12 heteroatoms. The van der Waals surface area contributed by atoms with Crippen molar-refractivity contribution in [1.29, 1.82) is 0 Å². The Morgan fingerprint density at radius 3 is 2.26 bits per heavy atom. The number of carbonyl (C=O) groups is 1. The van der Waals surface area contributed by atoms with E-state index in [1.807, 2.05) is 13.8 Å². The molecule has 1 heterocycles. The van der Waals surface area contributed by atoms with Gasteiger partial charge in [0.15, 0.2) is 24.8 Å². The first-order valence-corrected chi connectivity index (χ1v) is 15.8. The number of aromatic nitrogens is 1. The summed E-state index contributed by atoms with van der Waals surface area (Å²) in [4.78, 5) is 21.6. The number of hydrogen-bond acceptors (Lipinski definition) is 8. The maximum Gasteiger partial charge on any atom is 0.229 e. The number of fused-ring (bicyclic) bond motifs is 1. The average Bonchev–Trinajstić information content (AvgIpc) is 3.24. The lowest BCUT2D eigenvalue weighted by atomic mass is 10.3. The van der Waals surface area contributed by atoms with Crippen LogP contribution in [0, 0.1) is 0 Å². The molecule has 8 nitrogen and oxygen atoms in total. The molecule has 0 unspecified atom stereocenters. The van der Waals surface area contributed by atoms with Crippen LogP contribution in [-0.4, -0.2) is 70.8 Å². The van der Waals surface area contributed by atoms with Crippen LogP contribution in [0.5, 0.6) is 0 Å². The second-order valence-corrected chi connectivity index (χ2v) is 13.5. The summed E-state index contributed by atoms with van der Waals surface area (Å²) >= 11 is 7.06. The van der Waals surface area contributed by atoms with E-state index >= 15 is 0 Å². The minimum Gasteiger partial charge on any atom is -0.302 e. The fourth-order valence-electron chi connectivity index (χ4n) is 3.55. The van der Waals surface area contributed by atoms with Crippen molar-refractivity contribution in [3.8, 4) is 0 Å². The second-order valence-electron chi connectivity index (χ2n) is 7.97. The van der Waals surface area contributed by atoms with Crippen LogP contribution in [0.2, 0.25) is 5.02 Å². The van der Waals surface area contributed by atoms with Crippen molar-refractivity contribution in [3.63, 3.8) is 0 Å². The number of nitrogens with zero attached hydrogens (tertiary/aromatic N) is 3. The molecule has 0 aliphatic rings. The van der Waals surface area contributed by atoms with Crippen LogP contribution < -0.4 is 4.90 Å². The molecule has 190 valence electrons. The number of para-hydroxylation sites is 1. The van der Waals surface area contributed by atoms with E-state index in [0.717, 1.165) is 19.3 Å². The van der Waals surface area contributed by atoms with Crippen LogP contribution in [0.3, 0.4) is 0 Å². The number of sulfone groups is 2. The van der Waals surface area contributed by atoms with Gasteiger partial charge in [0.1, 0.15) is 5.52 Å². The van der Waals surface area contributed by atoms with E-state index in [9.17, 15) is 21.6 Å². The summed E-state index contributed by atoms with van der Waals surface area (Å²) in [6, 6.07) is 10.7. The van der Waals surface area contributed by atoms with E-state index in [-0.39, 0.29) is 22.0 Å². The normalized spacial score (nSPS) is 12.4.